The number of pyridine rings is 1. The van der Waals surface area contributed by atoms with Gasteiger partial charge in [-0.25, -0.2) is 4.98 Å². The summed E-state index contributed by atoms with van der Waals surface area (Å²) in [6.07, 6.45) is -2.91. The molecule has 2 heterocycles. The standard InChI is InChI=1S/C21H19ClF3N3O3/c1-2-30-18-9-13(11-26)3-4-17(18)31-20(29)14-5-7-28(8-6-14)19-16(22)10-15(12-27-19)21(23,24)25/h3-4,9-10,12,14H,2,5-8H2,1H3. The molecule has 2 aromatic rings. The molecular formula is C21H19ClF3N3O3. The molecule has 1 aromatic carbocycles. The van der Waals surface area contributed by atoms with E-state index in [2.05, 4.69) is 4.98 Å². The molecule has 1 aliphatic heterocycles. The van der Waals surface area contributed by atoms with Crippen LogP contribution in [-0.4, -0.2) is 30.6 Å². The Labute approximate surface area is 182 Å². The minimum absolute atomic E-state index is 0.0882. The van der Waals surface area contributed by atoms with E-state index in [0.29, 0.717) is 43.9 Å². The van der Waals surface area contributed by atoms with E-state index >= 15 is 0 Å². The highest BCUT2D eigenvalue weighted by Crippen LogP contribution is 2.35. The summed E-state index contributed by atoms with van der Waals surface area (Å²) in [5, 5.41) is 8.92. The molecule has 0 saturated carbocycles. The highest BCUT2D eigenvalue weighted by Gasteiger charge is 2.33. The lowest BCUT2D eigenvalue weighted by Gasteiger charge is -2.32. The number of rotatable bonds is 5. The number of hydrogen-bond donors (Lipinski definition) is 0. The average molecular weight is 454 g/mol. The first kappa shape index (κ1) is 22.7. The number of ether oxygens (including phenoxy) is 2. The molecule has 3 rings (SSSR count). The molecule has 164 valence electrons. The van der Waals surface area contributed by atoms with Crippen LogP contribution in [0.25, 0.3) is 0 Å². The van der Waals surface area contributed by atoms with Crippen molar-refractivity contribution in [3.8, 4) is 17.6 Å². The highest BCUT2D eigenvalue weighted by molar-refractivity contribution is 6.33. The fraction of sp³-hybridized carbons (Fsp3) is 0.381. The van der Waals surface area contributed by atoms with Gasteiger partial charge in [-0.05, 0) is 38.0 Å². The van der Waals surface area contributed by atoms with E-state index in [1.54, 1.807) is 11.8 Å². The Morgan fingerprint density at radius 3 is 2.58 bits per heavy atom. The summed E-state index contributed by atoms with van der Waals surface area (Å²) in [5.74, 6) is -0.0209. The van der Waals surface area contributed by atoms with Crippen molar-refractivity contribution < 1.29 is 27.4 Å². The maximum absolute atomic E-state index is 12.8. The number of benzene rings is 1. The zero-order valence-corrected chi connectivity index (χ0v) is 17.3. The van der Waals surface area contributed by atoms with Crippen molar-refractivity contribution in [1.29, 1.82) is 5.26 Å². The molecular weight excluding hydrogens is 435 g/mol. The number of halogens is 4. The molecule has 0 radical (unpaired) electrons. The second-order valence-corrected chi connectivity index (χ2v) is 7.32. The molecule has 31 heavy (non-hydrogen) atoms. The number of aromatic nitrogens is 1. The number of esters is 1. The molecule has 0 amide bonds. The number of carbonyl (C=O) groups is 1. The molecule has 1 fully saturated rings. The van der Waals surface area contributed by atoms with Crippen LogP contribution in [0.15, 0.2) is 30.5 Å². The number of anilines is 1. The normalized spacial score (nSPS) is 14.8. The van der Waals surface area contributed by atoms with E-state index in [9.17, 15) is 18.0 Å². The van der Waals surface area contributed by atoms with Crippen LogP contribution in [0.3, 0.4) is 0 Å². The number of alkyl halides is 3. The first-order chi connectivity index (χ1) is 14.7. The lowest BCUT2D eigenvalue weighted by Crippen LogP contribution is -2.38. The van der Waals surface area contributed by atoms with Crippen LogP contribution in [0.5, 0.6) is 11.5 Å². The number of carbonyl (C=O) groups excluding carboxylic acids is 1. The summed E-state index contributed by atoms with van der Waals surface area (Å²) in [6.45, 7) is 2.91. The molecule has 0 spiro atoms. The molecule has 0 bridgehead atoms. The van der Waals surface area contributed by atoms with Crippen LogP contribution >= 0.6 is 11.6 Å². The van der Waals surface area contributed by atoms with Crippen LogP contribution in [-0.2, 0) is 11.0 Å². The van der Waals surface area contributed by atoms with Gasteiger partial charge in [-0.3, -0.25) is 4.79 Å². The van der Waals surface area contributed by atoms with Crippen molar-refractivity contribution in [2.45, 2.75) is 25.9 Å². The molecule has 0 atom stereocenters. The van der Waals surface area contributed by atoms with Crippen LogP contribution < -0.4 is 14.4 Å². The highest BCUT2D eigenvalue weighted by atomic mass is 35.5. The Bertz CT molecular complexity index is 1000. The first-order valence-corrected chi connectivity index (χ1v) is 9.97. The van der Waals surface area contributed by atoms with E-state index in [1.807, 2.05) is 6.07 Å². The van der Waals surface area contributed by atoms with Gasteiger partial charge >= 0.3 is 12.1 Å². The number of hydrogen-bond acceptors (Lipinski definition) is 6. The van der Waals surface area contributed by atoms with Crippen molar-refractivity contribution in [3.05, 3.63) is 46.6 Å². The van der Waals surface area contributed by atoms with Gasteiger partial charge in [0, 0.05) is 25.4 Å². The van der Waals surface area contributed by atoms with E-state index in [0.717, 1.165) is 12.3 Å². The fourth-order valence-electron chi connectivity index (χ4n) is 3.27. The van der Waals surface area contributed by atoms with Crippen LogP contribution in [0.1, 0.15) is 30.9 Å². The minimum atomic E-state index is -4.52. The van der Waals surface area contributed by atoms with Gasteiger partial charge in [0.2, 0.25) is 0 Å². The van der Waals surface area contributed by atoms with Gasteiger partial charge in [-0.15, -0.1) is 0 Å². The van der Waals surface area contributed by atoms with E-state index < -0.39 is 23.6 Å². The largest absolute Gasteiger partial charge is 0.490 e. The summed E-state index contributed by atoms with van der Waals surface area (Å²) in [4.78, 5) is 18.2. The number of piperidine rings is 1. The molecule has 1 aromatic heterocycles. The fourth-order valence-corrected chi connectivity index (χ4v) is 3.55. The third kappa shape index (κ3) is 5.39. The molecule has 6 nitrogen and oxygen atoms in total. The number of nitrogens with zero attached hydrogens (tertiary/aromatic N) is 3. The molecule has 1 aliphatic rings. The average Bonchev–Trinajstić information content (AvgIpc) is 2.74. The topological polar surface area (TPSA) is 75.5 Å². The lowest BCUT2D eigenvalue weighted by atomic mass is 9.97. The zero-order valence-electron chi connectivity index (χ0n) is 16.6. The Hall–Kier alpha value is -2.99. The predicted molar refractivity (Wildman–Crippen MR) is 107 cm³/mol. The summed E-state index contributed by atoms with van der Waals surface area (Å²) in [6, 6.07) is 7.41. The third-order valence-electron chi connectivity index (χ3n) is 4.86. The Kier molecular flexibility index (Phi) is 6.91. The minimum Gasteiger partial charge on any atom is -0.490 e. The maximum atomic E-state index is 12.8. The SMILES string of the molecule is CCOc1cc(C#N)ccc1OC(=O)C1CCN(c2ncc(C(F)(F)F)cc2Cl)CC1. The van der Waals surface area contributed by atoms with Crippen molar-refractivity contribution in [2.24, 2.45) is 5.92 Å². The van der Waals surface area contributed by atoms with Crippen molar-refractivity contribution in [3.63, 3.8) is 0 Å². The second-order valence-electron chi connectivity index (χ2n) is 6.92. The van der Waals surface area contributed by atoms with Crippen LogP contribution in [0.4, 0.5) is 19.0 Å². The first-order valence-electron chi connectivity index (χ1n) is 9.59. The van der Waals surface area contributed by atoms with Crippen molar-refractivity contribution in [2.75, 3.05) is 24.6 Å². The van der Waals surface area contributed by atoms with Crippen LogP contribution in [0, 0.1) is 17.2 Å². The van der Waals surface area contributed by atoms with Gasteiger partial charge in [0.25, 0.3) is 0 Å². The van der Waals surface area contributed by atoms with E-state index in [1.165, 1.54) is 18.2 Å². The van der Waals surface area contributed by atoms with Gasteiger partial charge in [0.05, 0.1) is 34.7 Å². The zero-order chi connectivity index (χ0) is 22.6. The second kappa shape index (κ2) is 9.43. The molecule has 0 N–H and O–H groups in total. The van der Waals surface area contributed by atoms with E-state index in [4.69, 9.17) is 26.3 Å². The number of nitriles is 1. The van der Waals surface area contributed by atoms with Crippen LogP contribution in [0.2, 0.25) is 5.02 Å². The monoisotopic (exact) mass is 453 g/mol. The molecule has 10 heteroatoms. The van der Waals surface area contributed by atoms with Gasteiger partial charge in [-0.1, -0.05) is 11.6 Å². The Morgan fingerprint density at radius 1 is 1.29 bits per heavy atom. The summed E-state index contributed by atoms with van der Waals surface area (Å²) >= 11 is 6.01. The molecule has 0 unspecified atom stereocenters. The van der Waals surface area contributed by atoms with E-state index in [-0.39, 0.29) is 16.6 Å². The maximum Gasteiger partial charge on any atom is 0.417 e. The van der Waals surface area contributed by atoms with Gasteiger partial charge in [0.15, 0.2) is 11.5 Å². The van der Waals surface area contributed by atoms with Gasteiger partial charge < -0.3 is 14.4 Å². The Balaban J connectivity index is 1.64. The summed E-state index contributed by atoms with van der Waals surface area (Å²) in [7, 11) is 0. The quantitative estimate of drug-likeness (QED) is 0.476. The smallest absolute Gasteiger partial charge is 0.417 e. The molecule has 1 saturated heterocycles. The van der Waals surface area contributed by atoms with Crippen molar-refractivity contribution >= 4 is 23.4 Å². The Morgan fingerprint density at radius 2 is 2.00 bits per heavy atom. The van der Waals surface area contributed by atoms with Gasteiger partial charge in [0.1, 0.15) is 5.82 Å². The van der Waals surface area contributed by atoms with Gasteiger partial charge in [-0.2, -0.15) is 18.4 Å². The molecule has 0 aliphatic carbocycles. The van der Waals surface area contributed by atoms with Crippen molar-refractivity contribution in [1.82, 2.24) is 4.98 Å². The predicted octanol–water partition coefficient (Wildman–Crippen LogP) is 4.85. The third-order valence-corrected chi connectivity index (χ3v) is 5.14. The summed E-state index contributed by atoms with van der Waals surface area (Å²) in [5.41, 5.74) is -0.523. The summed E-state index contributed by atoms with van der Waals surface area (Å²) < 4.78 is 49.3. The lowest BCUT2D eigenvalue weighted by molar-refractivity contribution is -0.140.